The van der Waals surface area contributed by atoms with E-state index in [1.807, 2.05) is 30.3 Å². The van der Waals surface area contributed by atoms with Crippen molar-refractivity contribution >= 4 is 10.0 Å². The van der Waals surface area contributed by atoms with Crippen molar-refractivity contribution in [2.45, 2.75) is 38.5 Å². The maximum Gasteiger partial charge on any atom is 0.218 e. The number of rotatable bonds is 6. The highest BCUT2D eigenvalue weighted by molar-refractivity contribution is 7.88. The summed E-state index contributed by atoms with van der Waals surface area (Å²) < 4.78 is 26.5. The van der Waals surface area contributed by atoms with Gasteiger partial charge in [0.2, 0.25) is 10.0 Å². The van der Waals surface area contributed by atoms with Gasteiger partial charge < -0.3 is 5.32 Å². The molecule has 1 N–H and O–H groups in total. The van der Waals surface area contributed by atoms with Gasteiger partial charge in [-0.2, -0.15) is 0 Å². The van der Waals surface area contributed by atoms with Crippen molar-refractivity contribution in [3.63, 3.8) is 0 Å². The van der Waals surface area contributed by atoms with Gasteiger partial charge in [-0.05, 0) is 30.9 Å². The summed E-state index contributed by atoms with van der Waals surface area (Å²) in [5, 5.41) is 3.44. The third-order valence-corrected chi connectivity index (χ3v) is 5.82. The largest absolute Gasteiger partial charge is 0.314 e. The number of piperidine rings is 1. The molecule has 5 heteroatoms. The Balaban J connectivity index is 1.86. The van der Waals surface area contributed by atoms with Crippen LogP contribution in [0.15, 0.2) is 30.3 Å². The van der Waals surface area contributed by atoms with Crippen LogP contribution in [0.4, 0.5) is 0 Å². The molecule has 1 saturated heterocycles. The minimum atomic E-state index is -3.18. The van der Waals surface area contributed by atoms with Gasteiger partial charge in [-0.15, -0.1) is 0 Å². The molecule has 1 aromatic carbocycles. The quantitative estimate of drug-likeness (QED) is 0.876. The van der Waals surface area contributed by atoms with E-state index in [1.165, 1.54) is 0 Å². The van der Waals surface area contributed by atoms with Crippen molar-refractivity contribution < 1.29 is 8.42 Å². The molecule has 2 rings (SSSR count). The van der Waals surface area contributed by atoms with Gasteiger partial charge in [-0.1, -0.05) is 44.2 Å². The van der Waals surface area contributed by atoms with E-state index < -0.39 is 10.0 Å². The van der Waals surface area contributed by atoms with E-state index in [4.69, 9.17) is 0 Å². The zero-order valence-corrected chi connectivity index (χ0v) is 13.8. The van der Waals surface area contributed by atoms with Crippen molar-refractivity contribution in [1.29, 1.82) is 0 Å². The Labute approximate surface area is 128 Å². The summed E-state index contributed by atoms with van der Waals surface area (Å²) in [4.78, 5) is 0. The summed E-state index contributed by atoms with van der Waals surface area (Å²) >= 11 is 0. The van der Waals surface area contributed by atoms with Gasteiger partial charge >= 0.3 is 0 Å². The van der Waals surface area contributed by atoms with Crippen LogP contribution in [0.25, 0.3) is 0 Å². The first kappa shape index (κ1) is 16.5. The summed E-state index contributed by atoms with van der Waals surface area (Å²) in [6, 6.07) is 9.91. The van der Waals surface area contributed by atoms with E-state index in [0.29, 0.717) is 25.0 Å². The second-order valence-electron chi connectivity index (χ2n) is 6.15. The summed E-state index contributed by atoms with van der Waals surface area (Å²) in [6.07, 6.45) is 1.90. The van der Waals surface area contributed by atoms with Crippen LogP contribution in [0.5, 0.6) is 0 Å². The highest BCUT2D eigenvalue weighted by Gasteiger charge is 2.27. The number of hydrogen-bond donors (Lipinski definition) is 1. The van der Waals surface area contributed by atoms with Crippen molar-refractivity contribution in [2.75, 3.05) is 19.6 Å². The van der Waals surface area contributed by atoms with Crippen LogP contribution in [0.1, 0.15) is 32.3 Å². The fraction of sp³-hybridized carbons (Fsp3) is 0.625. The smallest absolute Gasteiger partial charge is 0.218 e. The maximum absolute atomic E-state index is 12.4. The standard InChI is InChI=1S/C16H26N2O2S/c1-14(2)17-12-15-8-10-18(11-9-15)21(19,20)13-16-6-4-3-5-7-16/h3-7,14-15,17H,8-13H2,1-2H3. The summed E-state index contributed by atoms with van der Waals surface area (Å²) in [6.45, 7) is 6.57. The molecule has 0 amide bonds. The van der Waals surface area contributed by atoms with Gasteiger partial charge in [0.05, 0.1) is 5.75 Å². The van der Waals surface area contributed by atoms with Crippen molar-refractivity contribution in [2.24, 2.45) is 5.92 Å². The molecular weight excluding hydrogens is 284 g/mol. The fourth-order valence-electron chi connectivity index (χ4n) is 2.67. The summed E-state index contributed by atoms with van der Waals surface area (Å²) in [7, 11) is -3.18. The van der Waals surface area contributed by atoms with Crippen molar-refractivity contribution in [3.05, 3.63) is 35.9 Å². The first-order valence-electron chi connectivity index (χ1n) is 7.72. The fourth-order valence-corrected chi connectivity index (χ4v) is 4.23. The molecule has 0 radical (unpaired) electrons. The lowest BCUT2D eigenvalue weighted by molar-refractivity contribution is 0.263. The Morgan fingerprint density at radius 1 is 1.19 bits per heavy atom. The first-order chi connectivity index (χ1) is 9.97. The number of benzene rings is 1. The number of hydrogen-bond acceptors (Lipinski definition) is 3. The lowest BCUT2D eigenvalue weighted by Gasteiger charge is -2.31. The van der Waals surface area contributed by atoms with E-state index in [2.05, 4.69) is 19.2 Å². The van der Waals surface area contributed by atoms with Crippen LogP contribution in [-0.2, 0) is 15.8 Å². The molecule has 0 saturated carbocycles. The van der Waals surface area contributed by atoms with Crippen LogP contribution < -0.4 is 5.32 Å². The molecular formula is C16H26N2O2S. The van der Waals surface area contributed by atoms with Gasteiger partial charge in [0.1, 0.15) is 0 Å². The van der Waals surface area contributed by atoms with E-state index in [0.717, 1.165) is 24.9 Å². The molecule has 0 spiro atoms. The highest BCUT2D eigenvalue weighted by Crippen LogP contribution is 2.21. The SMILES string of the molecule is CC(C)NCC1CCN(S(=O)(=O)Cc2ccccc2)CC1. The number of nitrogens with one attached hydrogen (secondary N) is 1. The maximum atomic E-state index is 12.4. The molecule has 0 bridgehead atoms. The molecule has 0 unspecified atom stereocenters. The van der Waals surface area contributed by atoms with Crippen molar-refractivity contribution in [1.82, 2.24) is 9.62 Å². The Hall–Kier alpha value is -0.910. The van der Waals surface area contributed by atoms with E-state index >= 15 is 0 Å². The second kappa shape index (κ2) is 7.38. The van der Waals surface area contributed by atoms with E-state index in [-0.39, 0.29) is 5.75 Å². The normalized spacial score (nSPS) is 18.2. The topological polar surface area (TPSA) is 49.4 Å². The average molecular weight is 310 g/mol. The van der Waals surface area contributed by atoms with Crippen LogP contribution in [-0.4, -0.2) is 38.4 Å². The van der Waals surface area contributed by atoms with Gasteiger partial charge in [-0.3, -0.25) is 0 Å². The molecule has 1 heterocycles. The first-order valence-corrected chi connectivity index (χ1v) is 9.33. The molecule has 21 heavy (non-hydrogen) atoms. The molecule has 0 aromatic heterocycles. The molecule has 1 aliphatic rings. The van der Waals surface area contributed by atoms with Crippen LogP contribution in [0, 0.1) is 5.92 Å². The molecule has 0 atom stereocenters. The molecule has 0 aliphatic carbocycles. The van der Waals surface area contributed by atoms with Gasteiger partial charge in [0.15, 0.2) is 0 Å². The predicted molar refractivity (Wildman–Crippen MR) is 86.5 cm³/mol. The zero-order valence-electron chi connectivity index (χ0n) is 13.0. The van der Waals surface area contributed by atoms with E-state index in [1.54, 1.807) is 4.31 Å². The van der Waals surface area contributed by atoms with Crippen LogP contribution in [0.3, 0.4) is 0 Å². The molecule has 118 valence electrons. The summed E-state index contributed by atoms with van der Waals surface area (Å²) in [5.74, 6) is 0.707. The molecule has 1 aromatic rings. The van der Waals surface area contributed by atoms with Gasteiger partial charge in [0, 0.05) is 19.1 Å². The lowest BCUT2D eigenvalue weighted by Crippen LogP contribution is -2.42. The number of nitrogens with zero attached hydrogens (tertiary/aromatic N) is 1. The second-order valence-corrected chi connectivity index (χ2v) is 8.12. The Bertz CT molecular complexity index is 520. The minimum absolute atomic E-state index is 0.114. The lowest BCUT2D eigenvalue weighted by atomic mass is 9.98. The third-order valence-electron chi connectivity index (χ3n) is 3.97. The Morgan fingerprint density at radius 3 is 2.38 bits per heavy atom. The van der Waals surface area contributed by atoms with Crippen LogP contribution in [0.2, 0.25) is 0 Å². The molecule has 4 nitrogen and oxygen atoms in total. The zero-order chi connectivity index (χ0) is 15.3. The third kappa shape index (κ3) is 5.09. The van der Waals surface area contributed by atoms with E-state index in [9.17, 15) is 8.42 Å². The Morgan fingerprint density at radius 2 is 1.81 bits per heavy atom. The van der Waals surface area contributed by atoms with Gasteiger partial charge in [0.25, 0.3) is 0 Å². The predicted octanol–water partition coefficient (Wildman–Crippen LogP) is 2.23. The van der Waals surface area contributed by atoms with Crippen molar-refractivity contribution in [3.8, 4) is 0 Å². The summed E-state index contributed by atoms with van der Waals surface area (Å²) in [5.41, 5.74) is 0.862. The van der Waals surface area contributed by atoms with Crippen LogP contribution >= 0.6 is 0 Å². The molecule has 1 fully saturated rings. The van der Waals surface area contributed by atoms with Gasteiger partial charge in [-0.25, -0.2) is 12.7 Å². The number of sulfonamides is 1. The highest BCUT2D eigenvalue weighted by atomic mass is 32.2. The monoisotopic (exact) mass is 310 g/mol. The molecule has 1 aliphatic heterocycles. The average Bonchev–Trinajstić information content (AvgIpc) is 2.46. The minimum Gasteiger partial charge on any atom is -0.314 e. The Kier molecular flexibility index (Phi) is 5.79.